The second kappa shape index (κ2) is 5.24. The average molecular weight is 342 g/mol. The molecule has 1 aromatic rings. The summed E-state index contributed by atoms with van der Waals surface area (Å²) in [5.74, 6) is 0. The molecule has 0 N–H and O–H groups in total. The fourth-order valence-electron chi connectivity index (χ4n) is 2.57. The summed E-state index contributed by atoms with van der Waals surface area (Å²) in [5, 5.41) is 0. The lowest BCUT2D eigenvalue weighted by molar-refractivity contribution is 0.121. The van der Waals surface area contributed by atoms with Crippen LogP contribution in [0.4, 0.5) is 0 Å². The summed E-state index contributed by atoms with van der Waals surface area (Å²) >= 11 is 2.36. The molecule has 92 valence electrons. The van der Waals surface area contributed by atoms with Crippen LogP contribution < -0.4 is 0 Å². The molecule has 0 amide bonds. The van der Waals surface area contributed by atoms with E-state index in [0.29, 0.717) is 0 Å². The maximum Gasteiger partial charge on any atom is 0.0234 e. The molecule has 2 aliphatic rings. The van der Waals surface area contributed by atoms with Gasteiger partial charge < -0.3 is 0 Å². The summed E-state index contributed by atoms with van der Waals surface area (Å²) in [6.07, 6.45) is 2.88. The third-order valence-corrected chi connectivity index (χ3v) is 4.51. The predicted octanol–water partition coefficient (Wildman–Crippen LogP) is 2.57. The summed E-state index contributed by atoms with van der Waals surface area (Å²) in [5.41, 5.74) is 1.45. The van der Waals surface area contributed by atoms with Gasteiger partial charge in [-0.1, -0.05) is 12.1 Å². The van der Waals surface area contributed by atoms with E-state index in [4.69, 9.17) is 0 Å². The van der Waals surface area contributed by atoms with Crippen LogP contribution in [0.2, 0.25) is 0 Å². The molecular weight excluding hydrogens is 323 g/mol. The van der Waals surface area contributed by atoms with Gasteiger partial charge in [-0.25, -0.2) is 0 Å². The van der Waals surface area contributed by atoms with E-state index >= 15 is 0 Å². The van der Waals surface area contributed by atoms with E-state index in [1.165, 1.54) is 48.2 Å². The SMILES string of the molecule is Ic1ccc(CN2CCN(C3CC3)CC2)cc1. The molecule has 3 heteroatoms. The normalized spacial score (nSPS) is 22.9. The van der Waals surface area contributed by atoms with Gasteiger partial charge in [0.2, 0.25) is 0 Å². The van der Waals surface area contributed by atoms with Crippen molar-refractivity contribution in [2.24, 2.45) is 0 Å². The van der Waals surface area contributed by atoms with Crippen molar-refractivity contribution in [2.45, 2.75) is 25.4 Å². The van der Waals surface area contributed by atoms with Crippen LogP contribution in [0, 0.1) is 3.57 Å². The Kier molecular flexibility index (Phi) is 3.68. The van der Waals surface area contributed by atoms with Gasteiger partial charge in [0.05, 0.1) is 0 Å². The number of benzene rings is 1. The van der Waals surface area contributed by atoms with Crippen LogP contribution in [0.5, 0.6) is 0 Å². The Morgan fingerprint density at radius 3 is 2.24 bits per heavy atom. The summed E-state index contributed by atoms with van der Waals surface area (Å²) in [4.78, 5) is 5.26. The first-order valence-electron chi connectivity index (χ1n) is 6.52. The first-order chi connectivity index (χ1) is 8.31. The van der Waals surface area contributed by atoms with E-state index in [9.17, 15) is 0 Å². The molecule has 0 radical (unpaired) electrons. The lowest BCUT2D eigenvalue weighted by Gasteiger charge is -2.34. The molecule has 1 aliphatic carbocycles. The van der Waals surface area contributed by atoms with Gasteiger partial charge in [0, 0.05) is 42.3 Å². The number of rotatable bonds is 3. The Hall–Kier alpha value is -0.130. The maximum atomic E-state index is 2.67. The standard InChI is InChI=1S/C14H19IN2/c15-13-3-1-12(2-4-13)11-16-7-9-17(10-8-16)14-5-6-14/h1-4,14H,5-11H2. The first kappa shape index (κ1) is 11.9. The molecule has 17 heavy (non-hydrogen) atoms. The molecule has 2 fully saturated rings. The number of piperazine rings is 1. The Morgan fingerprint density at radius 2 is 1.65 bits per heavy atom. The van der Waals surface area contributed by atoms with Crippen molar-refractivity contribution >= 4 is 22.6 Å². The van der Waals surface area contributed by atoms with Crippen LogP contribution in [0.1, 0.15) is 18.4 Å². The summed E-state index contributed by atoms with van der Waals surface area (Å²) in [6, 6.07) is 9.87. The van der Waals surface area contributed by atoms with Crippen molar-refractivity contribution in [2.75, 3.05) is 26.2 Å². The largest absolute Gasteiger partial charge is 0.298 e. The highest BCUT2D eigenvalue weighted by atomic mass is 127. The quantitative estimate of drug-likeness (QED) is 0.779. The van der Waals surface area contributed by atoms with Gasteiger partial charge in [0.15, 0.2) is 0 Å². The molecule has 1 aliphatic heterocycles. The van der Waals surface area contributed by atoms with Crippen molar-refractivity contribution < 1.29 is 0 Å². The average Bonchev–Trinajstić information content (AvgIpc) is 3.17. The molecular formula is C14H19IN2. The molecule has 3 rings (SSSR count). The number of nitrogens with zero attached hydrogens (tertiary/aromatic N) is 2. The smallest absolute Gasteiger partial charge is 0.0234 e. The van der Waals surface area contributed by atoms with Gasteiger partial charge in [0.25, 0.3) is 0 Å². The molecule has 0 spiro atoms. The Bertz CT molecular complexity index is 364. The van der Waals surface area contributed by atoms with E-state index in [-0.39, 0.29) is 0 Å². The van der Waals surface area contributed by atoms with Crippen molar-refractivity contribution in [3.05, 3.63) is 33.4 Å². The van der Waals surface area contributed by atoms with Gasteiger partial charge in [0.1, 0.15) is 0 Å². The summed E-state index contributed by atoms with van der Waals surface area (Å²) in [6.45, 7) is 6.14. The van der Waals surface area contributed by atoms with Crippen molar-refractivity contribution in [1.82, 2.24) is 9.80 Å². The summed E-state index contributed by atoms with van der Waals surface area (Å²) in [7, 11) is 0. The van der Waals surface area contributed by atoms with E-state index in [0.717, 1.165) is 12.6 Å². The van der Waals surface area contributed by atoms with Crippen LogP contribution >= 0.6 is 22.6 Å². The molecule has 1 saturated carbocycles. The monoisotopic (exact) mass is 342 g/mol. The zero-order valence-corrected chi connectivity index (χ0v) is 12.3. The molecule has 0 aromatic heterocycles. The second-order valence-electron chi connectivity index (χ2n) is 5.17. The second-order valence-corrected chi connectivity index (χ2v) is 6.42. The lowest BCUT2D eigenvalue weighted by atomic mass is 10.2. The van der Waals surface area contributed by atoms with Gasteiger partial charge in [-0.05, 0) is 53.1 Å². The third-order valence-electron chi connectivity index (χ3n) is 3.79. The van der Waals surface area contributed by atoms with Crippen LogP contribution in [-0.2, 0) is 6.54 Å². The van der Waals surface area contributed by atoms with E-state index in [1.807, 2.05) is 0 Å². The fourth-order valence-corrected chi connectivity index (χ4v) is 2.93. The van der Waals surface area contributed by atoms with Crippen molar-refractivity contribution in [3.63, 3.8) is 0 Å². The zero-order chi connectivity index (χ0) is 11.7. The van der Waals surface area contributed by atoms with Gasteiger partial charge >= 0.3 is 0 Å². The highest BCUT2D eigenvalue weighted by Crippen LogP contribution is 2.27. The van der Waals surface area contributed by atoms with E-state index < -0.39 is 0 Å². The number of hydrogen-bond acceptors (Lipinski definition) is 2. The highest BCUT2D eigenvalue weighted by molar-refractivity contribution is 14.1. The number of hydrogen-bond donors (Lipinski definition) is 0. The van der Waals surface area contributed by atoms with Gasteiger partial charge in [-0.3, -0.25) is 9.80 Å². The van der Waals surface area contributed by atoms with Crippen LogP contribution in [0.15, 0.2) is 24.3 Å². The Balaban J connectivity index is 1.51. The zero-order valence-electron chi connectivity index (χ0n) is 10.1. The molecule has 0 bridgehead atoms. The minimum atomic E-state index is 0.940. The lowest BCUT2D eigenvalue weighted by Crippen LogP contribution is -2.46. The minimum absolute atomic E-state index is 0.940. The molecule has 2 nitrogen and oxygen atoms in total. The van der Waals surface area contributed by atoms with Gasteiger partial charge in [-0.15, -0.1) is 0 Å². The Morgan fingerprint density at radius 1 is 1.00 bits per heavy atom. The highest BCUT2D eigenvalue weighted by Gasteiger charge is 2.30. The predicted molar refractivity (Wildman–Crippen MR) is 79.0 cm³/mol. The fraction of sp³-hybridized carbons (Fsp3) is 0.571. The molecule has 0 atom stereocenters. The summed E-state index contributed by atoms with van der Waals surface area (Å²) < 4.78 is 1.32. The molecule has 1 saturated heterocycles. The van der Waals surface area contributed by atoms with Crippen LogP contribution in [0.3, 0.4) is 0 Å². The van der Waals surface area contributed by atoms with Crippen LogP contribution in [0.25, 0.3) is 0 Å². The Labute approximate surface area is 117 Å². The first-order valence-corrected chi connectivity index (χ1v) is 7.60. The van der Waals surface area contributed by atoms with Gasteiger partial charge in [-0.2, -0.15) is 0 Å². The van der Waals surface area contributed by atoms with Crippen molar-refractivity contribution in [1.29, 1.82) is 0 Å². The molecule has 0 unspecified atom stereocenters. The van der Waals surface area contributed by atoms with E-state index in [1.54, 1.807) is 0 Å². The van der Waals surface area contributed by atoms with Crippen LogP contribution in [-0.4, -0.2) is 42.0 Å². The minimum Gasteiger partial charge on any atom is -0.298 e. The molecule has 1 aromatic carbocycles. The number of halogens is 1. The third kappa shape index (κ3) is 3.20. The maximum absolute atomic E-state index is 2.67. The van der Waals surface area contributed by atoms with E-state index in [2.05, 4.69) is 56.7 Å². The molecule has 1 heterocycles. The van der Waals surface area contributed by atoms with Crippen molar-refractivity contribution in [3.8, 4) is 0 Å². The topological polar surface area (TPSA) is 6.48 Å².